The van der Waals surface area contributed by atoms with E-state index in [0.717, 1.165) is 17.4 Å². The summed E-state index contributed by atoms with van der Waals surface area (Å²) in [5, 5.41) is 10.8. The third-order valence-electron chi connectivity index (χ3n) is 4.35. The minimum atomic E-state index is -0.480. The number of halogens is 1. The topological polar surface area (TPSA) is 56.3 Å². The van der Waals surface area contributed by atoms with Gasteiger partial charge in [0, 0.05) is 24.0 Å². The van der Waals surface area contributed by atoms with E-state index < -0.39 is 6.10 Å². The van der Waals surface area contributed by atoms with Gasteiger partial charge in [0.15, 0.2) is 0 Å². The number of rotatable bonds is 1. The summed E-state index contributed by atoms with van der Waals surface area (Å²) in [5.74, 6) is -0.242. The molecule has 1 aliphatic heterocycles. The minimum Gasteiger partial charge on any atom is -0.391 e. The average Bonchev–Trinajstić information content (AvgIpc) is 2.85. The van der Waals surface area contributed by atoms with Gasteiger partial charge in [-0.1, -0.05) is 6.92 Å². The highest BCUT2D eigenvalue weighted by atomic mass is 19.1. The molecule has 2 aromatic rings. The third-order valence-corrected chi connectivity index (χ3v) is 4.35. The molecule has 1 saturated heterocycles. The standard InChI is InChI=1S/C16H19FN2O2/c1-9-3-4-19(8-15(9)20)16(21)14-7-12-10(2)5-11(17)6-13(12)18-14/h5-7,9,15,18,20H,3-4,8H2,1-2H3. The smallest absolute Gasteiger partial charge is 0.270 e. The Morgan fingerprint density at radius 3 is 2.90 bits per heavy atom. The van der Waals surface area contributed by atoms with Gasteiger partial charge in [-0.25, -0.2) is 4.39 Å². The highest BCUT2D eigenvalue weighted by Gasteiger charge is 2.28. The van der Waals surface area contributed by atoms with Gasteiger partial charge in [0.1, 0.15) is 11.5 Å². The number of aliphatic hydroxyl groups is 1. The number of fused-ring (bicyclic) bond motifs is 1. The lowest BCUT2D eigenvalue weighted by molar-refractivity contribution is 0.0246. The van der Waals surface area contributed by atoms with Crippen molar-refractivity contribution in [1.82, 2.24) is 9.88 Å². The normalized spacial score (nSPS) is 22.8. The summed E-state index contributed by atoms with van der Waals surface area (Å²) in [6.07, 6.45) is 0.312. The molecule has 1 fully saturated rings. The monoisotopic (exact) mass is 290 g/mol. The Bertz CT molecular complexity index is 695. The number of aliphatic hydroxyl groups excluding tert-OH is 1. The molecule has 0 bridgehead atoms. The van der Waals surface area contributed by atoms with Crippen molar-refractivity contribution >= 4 is 16.8 Å². The van der Waals surface area contributed by atoms with Crippen molar-refractivity contribution in [3.63, 3.8) is 0 Å². The number of amides is 1. The van der Waals surface area contributed by atoms with Crippen LogP contribution in [0.3, 0.4) is 0 Å². The van der Waals surface area contributed by atoms with Crippen LogP contribution in [0.5, 0.6) is 0 Å². The first-order valence-electron chi connectivity index (χ1n) is 7.22. The van der Waals surface area contributed by atoms with Gasteiger partial charge in [0.05, 0.1) is 6.10 Å². The van der Waals surface area contributed by atoms with Crippen LogP contribution in [0.2, 0.25) is 0 Å². The van der Waals surface area contributed by atoms with Crippen LogP contribution in [0.25, 0.3) is 10.9 Å². The number of aromatic amines is 1. The zero-order valence-corrected chi connectivity index (χ0v) is 12.2. The van der Waals surface area contributed by atoms with Gasteiger partial charge in [-0.2, -0.15) is 0 Å². The van der Waals surface area contributed by atoms with E-state index in [1.807, 2.05) is 13.8 Å². The molecule has 1 amide bonds. The van der Waals surface area contributed by atoms with E-state index >= 15 is 0 Å². The summed E-state index contributed by atoms with van der Waals surface area (Å²) >= 11 is 0. The van der Waals surface area contributed by atoms with Crippen molar-refractivity contribution in [2.24, 2.45) is 5.92 Å². The van der Waals surface area contributed by atoms with E-state index in [2.05, 4.69) is 4.98 Å². The molecule has 0 saturated carbocycles. The van der Waals surface area contributed by atoms with Crippen molar-refractivity contribution in [2.75, 3.05) is 13.1 Å². The first-order chi connectivity index (χ1) is 9.95. The molecule has 3 rings (SSSR count). The van der Waals surface area contributed by atoms with Crippen molar-refractivity contribution in [1.29, 1.82) is 0 Å². The van der Waals surface area contributed by atoms with Crippen LogP contribution >= 0.6 is 0 Å². The molecule has 21 heavy (non-hydrogen) atoms. The lowest BCUT2D eigenvalue weighted by atomic mass is 9.96. The molecule has 1 aliphatic rings. The molecule has 2 unspecified atom stereocenters. The summed E-state index contributed by atoms with van der Waals surface area (Å²) in [6, 6.07) is 4.61. The second kappa shape index (κ2) is 5.15. The van der Waals surface area contributed by atoms with Gasteiger partial charge < -0.3 is 15.0 Å². The molecular formula is C16H19FN2O2. The number of nitrogens with zero attached hydrogens (tertiary/aromatic N) is 1. The Labute approximate surface area is 122 Å². The van der Waals surface area contributed by atoms with Gasteiger partial charge in [-0.15, -0.1) is 0 Å². The molecule has 1 aromatic carbocycles. The fraction of sp³-hybridized carbons (Fsp3) is 0.438. The molecule has 5 heteroatoms. The van der Waals surface area contributed by atoms with Crippen LogP contribution in [-0.4, -0.2) is 40.1 Å². The average molecular weight is 290 g/mol. The molecule has 1 aromatic heterocycles. The van der Waals surface area contributed by atoms with Crippen molar-refractivity contribution in [2.45, 2.75) is 26.4 Å². The van der Waals surface area contributed by atoms with Crippen LogP contribution in [0.4, 0.5) is 4.39 Å². The number of aromatic nitrogens is 1. The van der Waals surface area contributed by atoms with E-state index in [1.165, 1.54) is 12.1 Å². The summed E-state index contributed by atoms with van der Waals surface area (Å²) in [6.45, 7) is 4.80. The Hall–Kier alpha value is -1.88. The van der Waals surface area contributed by atoms with Crippen molar-refractivity contribution < 1.29 is 14.3 Å². The molecule has 0 aliphatic carbocycles. The Morgan fingerprint density at radius 1 is 1.43 bits per heavy atom. The number of H-pyrrole nitrogens is 1. The van der Waals surface area contributed by atoms with Crippen LogP contribution in [0.15, 0.2) is 18.2 Å². The van der Waals surface area contributed by atoms with Gasteiger partial charge >= 0.3 is 0 Å². The van der Waals surface area contributed by atoms with Crippen molar-refractivity contribution in [3.8, 4) is 0 Å². The number of benzene rings is 1. The number of carbonyl (C=O) groups is 1. The number of nitrogens with one attached hydrogen (secondary N) is 1. The first kappa shape index (κ1) is 14.1. The van der Waals surface area contributed by atoms with Crippen LogP contribution < -0.4 is 0 Å². The molecule has 2 heterocycles. The fourth-order valence-corrected chi connectivity index (χ4v) is 2.89. The minimum absolute atomic E-state index is 0.142. The Balaban J connectivity index is 1.90. The van der Waals surface area contributed by atoms with E-state index in [4.69, 9.17) is 0 Å². The lowest BCUT2D eigenvalue weighted by Gasteiger charge is -2.34. The highest BCUT2D eigenvalue weighted by molar-refractivity contribution is 5.98. The SMILES string of the molecule is Cc1cc(F)cc2[nH]c(C(=O)N3CCC(C)C(O)C3)cc12. The summed E-state index contributed by atoms with van der Waals surface area (Å²) in [4.78, 5) is 17.1. The van der Waals surface area contributed by atoms with Gasteiger partial charge in [0.2, 0.25) is 0 Å². The number of β-amino-alcohol motifs (C(OH)–C–C–N with tert-alkyl or cyclic N) is 1. The predicted molar refractivity (Wildman–Crippen MR) is 78.7 cm³/mol. The number of likely N-dealkylation sites (tertiary alicyclic amines) is 1. The number of hydrogen-bond donors (Lipinski definition) is 2. The Morgan fingerprint density at radius 2 is 2.19 bits per heavy atom. The molecule has 0 spiro atoms. The van der Waals surface area contributed by atoms with E-state index in [9.17, 15) is 14.3 Å². The maximum absolute atomic E-state index is 13.4. The second-order valence-corrected chi connectivity index (χ2v) is 5.95. The molecule has 4 nitrogen and oxygen atoms in total. The number of carbonyl (C=O) groups excluding carboxylic acids is 1. The Kier molecular flexibility index (Phi) is 3.45. The zero-order chi connectivity index (χ0) is 15.1. The van der Waals surface area contributed by atoms with E-state index in [1.54, 1.807) is 11.0 Å². The van der Waals surface area contributed by atoms with Gasteiger partial charge in [-0.3, -0.25) is 4.79 Å². The number of hydrogen-bond acceptors (Lipinski definition) is 2. The largest absolute Gasteiger partial charge is 0.391 e. The summed E-state index contributed by atoms with van der Waals surface area (Å²) < 4.78 is 13.4. The van der Waals surface area contributed by atoms with E-state index in [0.29, 0.717) is 24.3 Å². The molecule has 2 atom stereocenters. The maximum Gasteiger partial charge on any atom is 0.270 e. The molecule has 2 N–H and O–H groups in total. The predicted octanol–water partition coefficient (Wildman–Crippen LogP) is 2.46. The molecule has 112 valence electrons. The maximum atomic E-state index is 13.4. The first-order valence-corrected chi connectivity index (χ1v) is 7.22. The van der Waals surface area contributed by atoms with Crippen molar-refractivity contribution in [3.05, 3.63) is 35.3 Å². The van der Waals surface area contributed by atoms with Crippen LogP contribution in [0.1, 0.15) is 29.4 Å². The van der Waals surface area contributed by atoms with Gasteiger partial charge in [-0.05, 0) is 43.0 Å². The third kappa shape index (κ3) is 2.53. The van der Waals surface area contributed by atoms with Crippen LogP contribution in [0, 0.1) is 18.7 Å². The van der Waals surface area contributed by atoms with Crippen LogP contribution in [-0.2, 0) is 0 Å². The lowest BCUT2D eigenvalue weighted by Crippen LogP contribution is -2.45. The van der Waals surface area contributed by atoms with Gasteiger partial charge in [0.25, 0.3) is 5.91 Å². The summed E-state index contributed by atoms with van der Waals surface area (Å²) in [7, 11) is 0. The highest BCUT2D eigenvalue weighted by Crippen LogP contribution is 2.23. The number of aryl methyl sites for hydroxylation is 1. The zero-order valence-electron chi connectivity index (χ0n) is 12.2. The summed E-state index contributed by atoms with van der Waals surface area (Å²) in [5.41, 5.74) is 1.87. The molecular weight excluding hydrogens is 271 g/mol. The second-order valence-electron chi connectivity index (χ2n) is 5.95. The molecule has 0 radical (unpaired) electrons. The quantitative estimate of drug-likeness (QED) is 0.847. The number of piperidine rings is 1. The van der Waals surface area contributed by atoms with E-state index in [-0.39, 0.29) is 17.6 Å². The fourth-order valence-electron chi connectivity index (χ4n) is 2.89.